The minimum Gasteiger partial charge on any atom is -0.494 e. The first-order valence-electron chi connectivity index (χ1n) is 20.6. The number of Topliss-reactive ketones (excluding diaryl/α,β-unsaturated/α-hetero) is 1. The molecule has 0 fully saturated rings. The second-order valence-corrected chi connectivity index (χ2v) is 16.1. The molecule has 0 aliphatic rings. The Bertz CT molecular complexity index is 1750. The second kappa shape index (κ2) is 27.0. The van der Waals surface area contributed by atoms with Gasteiger partial charge in [0.1, 0.15) is 41.9 Å². The lowest BCUT2D eigenvalue weighted by molar-refractivity contribution is -0.697. The number of rotatable bonds is 28. The van der Waals surface area contributed by atoms with Gasteiger partial charge in [-0.25, -0.2) is 9.13 Å². The smallest absolute Gasteiger partial charge is 0.220 e. The van der Waals surface area contributed by atoms with E-state index in [-0.39, 0.29) is 5.91 Å². The van der Waals surface area contributed by atoms with Crippen LogP contribution in [0.25, 0.3) is 24.3 Å². The third kappa shape index (κ3) is 17.4. The summed E-state index contributed by atoms with van der Waals surface area (Å²) in [6, 6.07) is 20.1. The molecule has 0 bridgehead atoms. The Morgan fingerprint density at radius 3 is 1.53 bits per heavy atom. The van der Waals surface area contributed by atoms with E-state index in [0.717, 1.165) is 89.1 Å². The highest BCUT2D eigenvalue weighted by molar-refractivity contribution is 8.76. The largest absolute Gasteiger partial charge is 0.494 e. The van der Waals surface area contributed by atoms with Crippen LogP contribution in [0.4, 0.5) is 0 Å². The number of aryl methyl sites for hydroxylation is 2. The molecule has 9 nitrogen and oxygen atoms in total. The van der Waals surface area contributed by atoms with Crippen molar-refractivity contribution in [3.63, 3.8) is 0 Å². The Morgan fingerprint density at radius 2 is 1.03 bits per heavy atom. The number of amides is 1. The maximum atomic E-state index is 12.5. The van der Waals surface area contributed by atoms with E-state index in [1.807, 2.05) is 76.5 Å². The number of carbonyl (C=O) groups is 2. The van der Waals surface area contributed by atoms with E-state index in [4.69, 9.17) is 18.9 Å². The Kier molecular flexibility index (Phi) is 21.4. The van der Waals surface area contributed by atoms with Crippen LogP contribution < -0.4 is 33.4 Å². The van der Waals surface area contributed by atoms with Gasteiger partial charge in [-0.1, -0.05) is 45.9 Å². The monoisotopic (exact) mass is 827 g/mol. The standard InChI is InChI=1S/C47H60N3O6S2/c1-5-53-43-21-19-40(45(36-43)55-7-3)17-15-38-23-30-49(31-24-38)28-9-12-42(51)13-11-34-57-58-35-27-48-47(52)14-10-29-50-32-25-39(26-33-50)16-18-41-20-22-44(54-6-2)37-46(41)56-8-4/h15-26,30-33,36-37H,5-14,27-29,34-35H2,1-4H3/q+1/p+1/b17-15+,18-16+. The lowest BCUT2D eigenvalue weighted by Gasteiger charge is -2.10. The predicted octanol–water partition coefficient (Wildman–Crippen LogP) is 9.30. The Balaban J connectivity index is 1.00. The zero-order chi connectivity index (χ0) is 41.2. The van der Waals surface area contributed by atoms with Crippen LogP contribution in [-0.2, 0) is 22.7 Å². The van der Waals surface area contributed by atoms with Crippen molar-refractivity contribution in [2.24, 2.45) is 0 Å². The van der Waals surface area contributed by atoms with Gasteiger partial charge >= 0.3 is 0 Å². The molecule has 2 aromatic heterocycles. The van der Waals surface area contributed by atoms with Gasteiger partial charge in [-0.2, -0.15) is 0 Å². The van der Waals surface area contributed by atoms with Crippen LogP contribution in [0.5, 0.6) is 23.0 Å². The molecule has 2 heterocycles. The first-order chi connectivity index (χ1) is 28.4. The number of benzene rings is 2. The first kappa shape index (κ1) is 46.0. The quantitative estimate of drug-likeness (QED) is 0.0345. The number of hydrogen-bond acceptors (Lipinski definition) is 8. The molecule has 0 spiro atoms. The molecule has 0 aliphatic heterocycles. The molecule has 1 amide bonds. The van der Waals surface area contributed by atoms with E-state index in [1.54, 1.807) is 21.6 Å². The van der Waals surface area contributed by atoms with Crippen LogP contribution in [0.3, 0.4) is 0 Å². The Hall–Kier alpha value is -4.74. The van der Waals surface area contributed by atoms with Gasteiger partial charge in [0.25, 0.3) is 0 Å². The summed E-state index contributed by atoms with van der Waals surface area (Å²) < 4.78 is 27.1. The van der Waals surface area contributed by atoms with E-state index < -0.39 is 0 Å². The van der Waals surface area contributed by atoms with Crippen molar-refractivity contribution >= 4 is 57.6 Å². The van der Waals surface area contributed by atoms with E-state index in [9.17, 15) is 9.59 Å². The van der Waals surface area contributed by atoms with Crippen molar-refractivity contribution in [2.45, 2.75) is 79.3 Å². The molecule has 4 rings (SSSR count). The highest BCUT2D eigenvalue weighted by atomic mass is 33.1. The van der Waals surface area contributed by atoms with Crippen LogP contribution in [-0.4, -0.2) is 56.2 Å². The molecule has 11 heteroatoms. The van der Waals surface area contributed by atoms with Gasteiger partial charge in [0.2, 0.25) is 5.91 Å². The van der Waals surface area contributed by atoms with Crippen molar-refractivity contribution in [1.29, 1.82) is 0 Å². The summed E-state index contributed by atoms with van der Waals surface area (Å²) in [6.07, 6.45) is 20.7. The topological polar surface area (TPSA) is 90.9 Å². The predicted molar refractivity (Wildman–Crippen MR) is 239 cm³/mol. The lowest BCUT2D eigenvalue weighted by atomic mass is 10.1. The zero-order valence-electron chi connectivity index (χ0n) is 34.7. The number of hydrogen-bond donors (Lipinski definition) is 1. The summed E-state index contributed by atoms with van der Waals surface area (Å²) in [6.45, 7) is 12.5. The second-order valence-electron chi connectivity index (χ2n) is 13.4. The average Bonchev–Trinajstić information content (AvgIpc) is 3.23. The fraction of sp³-hybridized carbons (Fsp3) is 0.404. The first-order valence-corrected chi connectivity index (χ1v) is 23.1. The number of nitrogens with one attached hydrogen (secondary N) is 1. The fourth-order valence-corrected chi connectivity index (χ4v) is 7.98. The summed E-state index contributed by atoms with van der Waals surface area (Å²) in [5.41, 5.74) is 4.19. The summed E-state index contributed by atoms with van der Waals surface area (Å²) in [5.74, 6) is 5.40. The molecule has 0 saturated heterocycles. The minimum absolute atomic E-state index is 0.0826. The number of carbonyl (C=O) groups excluding carboxylic acids is 2. The summed E-state index contributed by atoms with van der Waals surface area (Å²) in [7, 11) is 3.52. The van der Waals surface area contributed by atoms with Gasteiger partial charge in [-0.05, 0) is 69.5 Å². The van der Waals surface area contributed by atoms with E-state index >= 15 is 0 Å². The number of pyridine rings is 2. The van der Waals surface area contributed by atoms with E-state index in [1.165, 1.54) is 0 Å². The molecule has 2 aromatic carbocycles. The van der Waals surface area contributed by atoms with Gasteiger partial charge in [0, 0.05) is 97.7 Å². The highest BCUT2D eigenvalue weighted by Gasteiger charge is 2.09. The SMILES string of the molecule is CCOc1ccc(/C=C/c2cc[n+](CCCC(=O)CCCSSCCNC(=O)CCC[n+]3ccc(/C=C/c4ccc(OCC)cc4OCC)cc3)cc2)c(OCC)c1. The molecule has 0 aliphatic carbocycles. The zero-order valence-corrected chi connectivity index (χ0v) is 36.3. The summed E-state index contributed by atoms with van der Waals surface area (Å²) in [4.78, 5) is 24.8. The van der Waals surface area contributed by atoms with Crippen LogP contribution in [0.2, 0.25) is 0 Å². The van der Waals surface area contributed by atoms with Crippen molar-refractivity contribution in [1.82, 2.24) is 5.32 Å². The van der Waals surface area contributed by atoms with Crippen molar-refractivity contribution < 1.29 is 37.7 Å². The third-order valence-corrected chi connectivity index (χ3v) is 11.4. The molecular formula is C47H61N3O6S2+2. The minimum atomic E-state index is 0.0826. The molecule has 58 heavy (non-hydrogen) atoms. The molecular weight excluding hydrogens is 767 g/mol. The third-order valence-electron chi connectivity index (χ3n) is 8.90. The number of aromatic nitrogens is 2. The van der Waals surface area contributed by atoms with E-state index in [0.29, 0.717) is 58.0 Å². The van der Waals surface area contributed by atoms with Crippen molar-refractivity contribution in [3.8, 4) is 23.0 Å². The van der Waals surface area contributed by atoms with Crippen molar-refractivity contribution in [2.75, 3.05) is 44.5 Å². The maximum Gasteiger partial charge on any atom is 0.220 e. The van der Waals surface area contributed by atoms with Gasteiger partial charge in [0.15, 0.2) is 24.8 Å². The van der Waals surface area contributed by atoms with Gasteiger partial charge in [-0.15, -0.1) is 0 Å². The van der Waals surface area contributed by atoms with Crippen LogP contribution in [0.15, 0.2) is 85.5 Å². The molecule has 0 atom stereocenters. The van der Waals surface area contributed by atoms with E-state index in [2.05, 4.69) is 75.4 Å². The fourth-order valence-electron chi connectivity index (χ4n) is 5.98. The summed E-state index contributed by atoms with van der Waals surface area (Å²) >= 11 is 0. The van der Waals surface area contributed by atoms with Crippen LogP contribution in [0, 0.1) is 0 Å². The Morgan fingerprint density at radius 1 is 0.569 bits per heavy atom. The van der Waals surface area contributed by atoms with Crippen molar-refractivity contribution in [3.05, 3.63) is 108 Å². The number of nitrogens with zero attached hydrogens (tertiary/aromatic N) is 2. The van der Waals surface area contributed by atoms with Gasteiger partial charge in [-0.3, -0.25) is 9.59 Å². The highest BCUT2D eigenvalue weighted by Crippen LogP contribution is 2.28. The number of ether oxygens (including phenoxy) is 4. The van der Waals surface area contributed by atoms with Crippen LogP contribution in [0.1, 0.15) is 88.5 Å². The normalized spacial score (nSPS) is 11.2. The number of ketones is 1. The Labute approximate surface area is 353 Å². The van der Waals surface area contributed by atoms with Gasteiger partial charge < -0.3 is 24.3 Å². The molecule has 1 N–H and O–H groups in total. The molecule has 0 radical (unpaired) electrons. The lowest BCUT2D eigenvalue weighted by Crippen LogP contribution is -2.34. The van der Waals surface area contributed by atoms with Gasteiger partial charge in [0.05, 0.1) is 26.4 Å². The maximum absolute atomic E-state index is 12.5. The van der Waals surface area contributed by atoms with Crippen LogP contribution >= 0.6 is 21.6 Å². The summed E-state index contributed by atoms with van der Waals surface area (Å²) in [5, 5.41) is 3.03. The average molecular weight is 828 g/mol. The molecule has 0 unspecified atom stereocenters. The molecule has 4 aromatic rings. The molecule has 0 saturated carbocycles. The molecule has 310 valence electrons.